The van der Waals surface area contributed by atoms with E-state index in [4.69, 9.17) is 5.73 Å². The summed E-state index contributed by atoms with van der Waals surface area (Å²) in [6.45, 7) is 1.95. The highest BCUT2D eigenvalue weighted by molar-refractivity contribution is 5.58. The van der Waals surface area contributed by atoms with Gasteiger partial charge in [-0.2, -0.15) is 4.98 Å². The van der Waals surface area contributed by atoms with E-state index in [1.807, 2.05) is 11.9 Å². The molecule has 19 heavy (non-hydrogen) atoms. The smallest absolute Gasteiger partial charge is 0.329 e. The molecule has 2 rings (SSSR count). The van der Waals surface area contributed by atoms with Gasteiger partial charge in [-0.3, -0.25) is 10.1 Å². The minimum Gasteiger partial charge on any atom is -0.368 e. The van der Waals surface area contributed by atoms with Gasteiger partial charge in [0.2, 0.25) is 11.8 Å². The van der Waals surface area contributed by atoms with Crippen LogP contribution in [0.4, 0.5) is 17.5 Å². The second-order valence-corrected chi connectivity index (χ2v) is 4.84. The standard InChI is InChI=1S/C11H18N6O2/c1-15-5-3-8(4-6-15)16(2)10-9(17(18)19)7-13-11(12)14-10/h7-8H,3-6H2,1-2H3,(H2,12,13,14). The molecule has 0 bridgehead atoms. The Morgan fingerprint density at radius 2 is 2.16 bits per heavy atom. The predicted molar refractivity (Wildman–Crippen MR) is 72.0 cm³/mol. The molecule has 0 amide bonds. The molecule has 0 aromatic carbocycles. The van der Waals surface area contributed by atoms with Crippen LogP contribution in [0, 0.1) is 10.1 Å². The first-order valence-electron chi connectivity index (χ1n) is 6.17. The lowest BCUT2D eigenvalue weighted by molar-refractivity contribution is -0.384. The lowest BCUT2D eigenvalue weighted by atomic mass is 10.0. The Labute approximate surface area is 111 Å². The van der Waals surface area contributed by atoms with Crippen LogP contribution in [0.15, 0.2) is 6.20 Å². The molecule has 8 nitrogen and oxygen atoms in total. The molecule has 0 aliphatic carbocycles. The van der Waals surface area contributed by atoms with Crippen molar-refractivity contribution in [2.45, 2.75) is 18.9 Å². The molecule has 1 saturated heterocycles. The Morgan fingerprint density at radius 3 is 2.74 bits per heavy atom. The predicted octanol–water partition coefficient (Wildman–Crippen LogP) is 0.497. The summed E-state index contributed by atoms with van der Waals surface area (Å²) < 4.78 is 0. The van der Waals surface area contributed by atoms with Gasteiger partial charge in [0, 0.05) is 13.1 Å². The number of nitrogen functional groups attached to an aromatic ring is 1. The molecule has 0 radical (unpaired) electrons. The SMILES string of the molecule is CN1CCC(N(C)c2nc(N)ncc2[N+](=O)[O-])CC1. The van der Waals surface area contributed by atoms with Gasteiger partial charge in [0.25, 0.3) is 0 Å². The van der Waals surface area contributed by atoms with E-state index < -0.39 is 4.92 Å². The second kappa shape index (κ2) is 5.35. The summed E-state index contributed by atoms with van der Waals surface area (Å²) >= 11 is 0. The summed E-state index contributed by atoms with van der Waals surface area (Å²) in [5.74, 6) is 0.354. The Kier molecular flexibility index (Phi) is 3.79. The molecule has 1 aliphatic rings. The number of likely N-dealkylation sites (tertiary alicyclic amines) is 1. The molecule has 104 valence electrons. The molecule has 0 atom stereocenters. The third kappa shape index (κ3) is 2.90. The summed E-state index contributed by atoms with van der Waals surface area (Å²) in [7, 11) is 3.89. The Balaban J connectivity index is 2.25. The normalized spacial score (nSPS) is 17.4. The van der Waals surface area contributed by atoms with E-state index in [0.717, 1.165) is 25.9 Å². The third-order valence-corrected chi connectivity index (χ3v) is 3.54. The van der Waals surface area contributed by atoms with Crippen LogP contribution < -0.4 is 10.6 Å². The van der Waals surface area contributed by atoms with Gasteiger partial charge in [0.1, 0.15) is 6.20 Å². The third-order valence-electron chi connectivity index (χ3n) is 3.54. The van der Waals surface area contributed by atoms with E-state index >= 15 is 0 Å². The Bertz CT molecular complexity index is 472. The van der Waals surface area contributed by atoms with Gasteiger partial charge in [0.15, 0.2) is 0 Å². The molecule has 0 saturated carbocycles. The fraction of sp³-hybridized carbons (Fsp3) is 0.636. The molecule has 2 heterocycles. The van der Waals surface area contributed by atoms with Crippen LogP contribution in [0.5, 0.6) is 0 Å². The highest BCUT2D eigenvalue weighted by atomic mass is 16.6. The van der Waals surface area contributed by atoms with Crippen molar-refractivity contribution in [3.05, 3.63) is 16.3 Å². The van der Waals surface area contributed by atoms with E-state index in [0.29, 0.717) is 5.82 Å². The van der Waals surface area contributed by atoms with Crippen molar-refractivity contribution in [2.24, 2.45) is 0 Å². The highest BCUT2D eigenvalue weighted by Crippen LogP contribution is 2.28. The van der Waals surface area contributed by atoms with Crippen molar-refractivity contribution in [2.75, 3.05) is 37.8 Å². The maximum atomic E-state index is 11.0. The first kappa shape index (κ1) is 13.5. The van der Waals surface area contributed by atoms with E-state index in [1.165, 1.54) is 6.20 Å². The summed E-state index contributed by atoms with van der Waals surface area (Å²) in [6, 6.07) is 0.240. The molecule has 8 heteroatoms. The quantitative estimate of drug-likeness (QED) is 0.627. The van der Waals surface area contributed by atoms with Crippen LogP contribution in [0.25, 0.3) is 0 Å². The number of nitrogens with zero attached hydrogens (tertiary/aromatic N) is 5. The van der Waals surface area contributed by atoms with Crippen LogP contribution in [0.3, 0.4) is 0 Å². The van der Waals surface area contributed by atoms with Gasteiger partial charge in [-0.25, -0.2) is 4.98 Å². The molecule has 1 aliphatic heterocycles. The molecule has 1 fully saturated rings. The number of nitro groups is 1. The van der Waals surface area contributed by atoms with Gasteiger partial charge in [0.05, 0.1) is 4.92 Å². The van der Waals surface area contributed by atoms with Crippen molar-refractivity contribution >= 4 is 17.5 Å². The number of piperidine rings is 1. The van der Waals surface area contributed by atoms with E-state index in [1.54, 1.807) is 0 Å². The molecule has 1 aromatic heterocycles. The van der Waals surface area contributed by atoms with Crippen molar-refractivity contribution in [1.82, 2.24) is 14.9 Å². The minimum atomic E-state index is -0.472. The van der Waals surface area contributed by atoms with Crippen LogP contribution in [0.2, 0.25) is 0 Å². The highest BCUT2D eigenvalue weighted by Gasteiger charge is 2.27. The zero-order valence-electron chi connectivity index (χ0n) is 11.1. The van der Waals surface area contributed by atoms with Crippen molar-refractivity contribution < 1.29 is 4.92 Å². The van der Waals surface area contributed by atoms with Crippen LogP contribution in [0.1, 0.15) is 12.8 Å². The lowest BCUT2D eigenvalue weighted by Gasteiger charge is -2.35. The van der Waals surface area contributed by atoms with Gasteiger partial charge in [-0.05, 0) is 33.0 Å². The topological polar surface area (TPSA) is 101 Å². The van der Waals surface area contributed by atoms with Gasteiger partial charge in [-0.1, -0.05) is 0 Å². The van der Waals surface area contributed by atoms with Crippen molar-refractivity contribution in [3.8, 4) is 0 Å². The maximum absolute atomic E-state index is 11.0. The van der Waals surface area contributed by atoms with Gasteiger partial charge in [-0.15, -0.1) is 0 Å². The number of rotatable bonds is 3. The first-order valence-corrected chi connectivity index (χ1v) is 6.17. The first-order chi connectivity index (χ1) is 8.99. The maximum Gasteiger partial charge on any atom is 0.329 e. The molecular formula is C11H18N6O2. The van der Waals surface area contributed by atoms with Crippen LogP contribution in [-0.2, 0) is 0 Å². The van der Waals surface area contributed by atoms with E-state index in [2.05, 4.69) is 21.9 Å². The Morgan fingerprint density at radius 1 is 1.53 bits per heavy atom. The van der Waals surface area contributed by atoms with Gasteiger partial charge >= 0.3 is 5.69 Å². The summed E-state index contributed by atoms with van der Waals surface area (Å²) in [4.78, 5) is 22.4. The molecular weight excluding hydrogens is 248 g/mol. The summed E-state index contributed by atoms with van der Waals surface area (Å²) in [5, 5.41) is 11.0. The number of hydrogen-bond acceptors (Lipinski definition) is 7. The van der Waals surface area contributed by atoms with E-state index in [-0.39, 0.29) is 17.7 Å². The number of anilines is 2. The average Bonchev–Trinajstić information content (AvgIpc) is 2.38. The largest absolute Gasteiger partial charge is 0.368 e. The zero-order valence-corrected chi connectivity index (χ0v) is 11.1. The minimum absolute atomic E-state index is 0.0559. The fourth-order valence-electron chi connectivity index (χ4n) is 2.32. The molecule has 0 unspecified atom stereocenters. The molecule has 0 spiro atoms. The number of nitrogens with two attached hydrogens (primary N) is 1. The van der Waals surface area contributed by atoms with Crippen molar-refractivity contribution in [1.29, 1.82) is 0 Å². The van der Waals surface area contributed by atoms with Gasteiger partial charge < -0.3 is 15.5 Å². The van der Waals surface area contributed by atoms with Crippen LogP contribution in [-0.4, -0.2) is 53.0 Å². The van der Waals surface area contributed by atoms with E-state index in [9.17, 15) is 10.1 Å². The summed E-state index contributed by atoms with van der Waals surface area (Å²) in [5.41, 5.74) is 5.44. The number of hydrogen-bond donors (Lipinski definition) is 1. The zero-order chi connectivity index (χ0) is 14.0. The number of aromatic nitrogens is 2. The van der Waals surface area contributed by atoms with Crippen molar-refractivity contribution in [3.63, 3.8) is 0 Å². The molecule has 2 N–H and O–H groups in total. The fourth-order valence-corrected chi connectivity index (χ4v) is 2.32. The lowest BCUT2D eigenvalue weighted by Crippen LogP contribution is -2.42. The van der Waals surface area contributed by atoms with Crippen LogP contribution >= 0.6 is 0 Å². The Hall–Kier alpha value is -1.96. The monoisotopic (exact) mass is 266 g/mol. The molecule has 1 aromatic rings. The average molecular weight is 266 g/mol. The second-order valence-electron chi connectivity index (χ2n) is 4.84. The summed E-state index contributed by atoms with van der Waals surface area (Å²) in [6.07, 6.45) is 3.07.